The average Bonchev–Trinajstić information content (AvgIpc) is 2.79. The summed E-state index contributed by atoms with van der Waals surface area (Å²) in [6.45, 7) is 7.94. The maximum absolute atomic E-state index is 3.59. The lowest BCUT2D eigenvalue weighted by Gasteiger charge is -2.26. The van der Waals surface area contributed by atoms with Gasteiger partial charge < -0.3 is 5.32 Å². The van der Waals surface area contributed by atoms with E-state index >= 15 is 0 Å². The highest BCUT2D eigenvalue weighted by molar-refractivity contribution is 7.99. The molecule has 18 heavy (non-hydrogen) atoms. The lowest BCUT2D eigenvalue weighted by Crippen LogP contribution is -2.34. The van der Waals surface area contributed by atoms with E-state index in [2.05, 4.69) is 50.4 Å². The van der Waals surface area contributed by atoms with Crippen LogP contribution in [0.1, 0.15) is 45.1 Å². The molecule has 0 radical (unpaired) electrons. The van der Waals surface area contributed by atoms with E-state index in [0.29, 0.717) is 6.04 Å². The van der Waals surface area contributed by atoms with Crippen molar-refractivity contribution in [1.82, 2.24) is 5.32 Å². The third-order valence-electron chi connectivity index (χ3n) is 4.14. The van der Waals surface area contributed by atoms with Gasteiger partial charge in [-0.05, 0) is 43.4 Å². The Hall–Kier alpha value is -0.470. The summed E-state index contributed by atoms with van der Waals surface area (Å²) in [4.78, 5) is 1.51. The number of benzene rings is 1. The molecule has 2 rings (SSSR count). The van der Waals surface area contributed by atoms with Gasteiger partial charge in [-0.3, -0.25) is 0 Å². The van der Waals surface area contributed by atoms with Gasteiger partial charge in [0.25, 0.3) is 0 Å². The first kappa shape index (κ1) is 14.0. The molecule has 2 heteroatoms. The second-order valence-electron chi connectivity index (χ2n) is 5.30. The zero-order chi connectivity index (χ0) is 13.0. The average molecular weight is 263 g/mol. The van der Waals surface area contributed by atoms with Crippen LogP contribution in [0.25, 0.3) is 0 Å². The van der Waals surface area contributed by atoms with Gasteiger partial charge in [0.15, 0.2) is 0 Å². The van der Waals surface area contributed by atoms with Crippen molar-refractivity contribution in [2.75, 3.05) is 12.3 Å². The molecule has 1 nitrogen and oxygen atoms in total. The van der Waals surface area contributed by atoms with Gasteiger partial charge in [0.1, 0.15) is 0 Å². The molecule has 1 N–H and O–H groups in total. The molecule has 1 aliphatic rings. The SMILES string of the molecule is CCNC(C)C(CC)CC1CSc2ccccc21. The fourth-order valence-corrected chi connectivity index (χ4v) is 4.28. The third kappa shape index (κ3) is 3.10. The number of fused-ring (bicyclic) bond motifs is 1. The Morgan fingerprint density at radius 2 is 2.11 bits per heavy atom. The van der Waals surface area contributed by atoms with Crippen molar-refractivity contribution in [3.05, 3.63) is 29.8 Å². The van der Waals surface area contributed by atoms with Crippen molar-refractivity contribution in [1.29, 1.82) is 0 Å². The van der Waals surface area contributed by atoms with Crippen molar-refractivity contribution in [3.63, 3.8) is 0 Å². The normalized spacial score (nSPS) is 21.6. The van der Waals surface area contributed by atoms with Crippen LogP contribution in [-0.2, 0) is 0 Å². The molecule has 100 valence electrons. The van der Waals surface area contributed by atoms with Gasteiger partial charge in [-0.15, -0.1) is 11.8 Å². The van der Waals surface area contributed by atoms with E-state index in [1.807, 2.05) is 11.8 Å². The van der Waals surface area contributed by atoms with E-state index in [1.165, 1.54) is 23.5 Å². The Morgan fingerprint density at radius 3 is 2.83 bits per heavy atom. The van der Waals surface area contributed by atoms with Gasteiger partial charge in [-0.25, -0.2) is 0 Å². The van der Waals surface area contributed by atoms with Gasteiger partial charge in [0.05, 0.1) is 0 Å². The summed E-state index contributed by atoms with van der Waals surface area (Å²) in [5.41, 5.74) is 1.59. The fraction of sp³-hybridized carbons (Fsp3) is 0.625. The second kappa shape index (κ2) is 6.63. The fourth-order valence-electron chi connectivity index (χ4n) is 3.00. The molecule has 0 fully saturated rings. The molecular formula is C16H25NS. The van der Waals surface area contributed by atoms with Crippen LogP contribution in [0, 0.1) is 5.92 Å². The van der Waals surface area contributed by atoms with Crippen LogP contribution >= 0.6 is 11.8 Å². The summed E-state index contributed by atoms with van der Waals surface area (Å²) >= 11 is 2.03. The Bertz CT molecular complexity index is 377. The zero-order valence-corrected chi connectivity index (χ0v) is 12.6. The third-order valence-corrected chi connectivity index (χ3v) is 5.40. The first-order chi connectivity index (χ1) is 8.76. The minimum atomic E-state index is 0.637. The quantitative estimate of drug-likeness (QED) is 0.821. The van der Waals surface area contributed by atoms with Crippen LogP contribution < -0.4 is 5.32 Å². The van der Waals surface area contributed by atoms with Crippen molar-refractivity contribution >= 4 is 11.8 Å². The first-order valence-electron chi connectivity index (χ1n) is 7.21. The van der Waals surface area contributed by atoms with Crippen LogP contribution in [-0.4, -0.2) is 18.3 Å². The Labute approximate surface area is 116 Å². The molecule has 1 heterocycles. The molecule has 0 aromatic heterocycles. The maximum atomic E-state index is 3.59. The molecule has 0 bridgehead atoms. The summed E-state index contributed by atoms with van der Waals surface area (Å²) in [6, 6.07) is 9.58. The molecule has 0 aliphatic carbocycles. The molecule has 1 aromatic carbocycles. The van der Waals surface area contributed by atoms with Crippen LogP contribution in [0.5, 0.6) is 0 Å². The molecule has 1 aromatic rings. The Morgan fingerprint density at radius 1 is 1.33 bits per heavy atom. The standard InChI is InChI=1S/C16H25NS/c1-4-13(12(3)17-5-2)10-14-11-18-16-9-7-6-8-15(14)16/h6-9,12-14,17H,4-5,10-11H2,1-3H3. The van der Waals surface area contributed by atoms with Gasteiger partial charge in [0.2, 0.25) is 0 Å². The minimum Gasteiger partial charge on any atom is -0.314 e. The summed E-state index contributed by atoms with van der Waals surface area (Å²) in [6.07, 6.45) is 2.60. The highest BCUT2D eigenvalue weighted by atomic mass is 32.2. The monoisotopic (exact) mass is 263 g/mol. The lowest BCUT2D eigenvalue weighted by atomic mass is 9.85. The van der Waals surface area contributed by atoms with Crippen molar-refractivity contribution < 1.29 is 0 Å². The van der Waals surface area contributed by atoms with Crippen LogP contribution in [0.15, 0.2) is 29.2 Å². The van der Waals surface area contributed by atoms with E-state index in [9.17, 15) is 0 Å². The van der Waals surface area contributed by atoms with Crippen molar-refractivity contribution in [2.45, 2.75) is 50.5 Å². The van der Waals surface area contributed by atoms with E-state index in [4.69, 9.17) is 0 Å². The number of hydrogen-bond donors (Lipinski definition) is 1. The van der Waals surface area contributed by atoms with Crippen LogP contribution in [0.4, 0.5) is 0 Å². The largest absolute Gasteiger partial charge is 0.314 e. The number of nitrogens with one attached hydrogen (secondary N) is 1. The van der Waals surface area contributed by atoms with E-state index < -0.39 is 0 Å². The van der Waals surface area contributed by atoms with Crippen LogP contribution in [0.3, 0.4) is 0 Å². The molecular weight excluding hydrogens is 238 g/mol. The molecule has 0 saturated heterocycles. The van der Waals surface area contributed by atoms with Gasteiger partial charge in [0, 0.05) is 16.7 Å². The van der Waals surface area contributed by atoms with Gasteiger partial charge >= 0.3 is 0 Å². The second-order valence-corrected chi connectivity index (χ2v) is 6.36. The molecule has 3 unspecified atom stereocenters. The summed E-state index contributed by atoms with van der Waals surface area (Å²) in [5, 5.41) is 3.59. The van der Waals surface area contributed by atoms with Crippen molar-refractivity contribution in [2.24, 2.45) is 5.92 Å². The zero-order valence-electron chi connectivity index (χ0n) is 11.8. The van der Waals surface area contributed by atoms with E-state index in [0.717, 1.165) is 18.4 Å². The van der Waals surface area contributed by atoms with E-state index in [1.54, 1.807) is 5.56 Å². The molecule has 3 atom stereocenters. The number of thioether (sulfide) groups is 1. The summed E-state index contributed by atoms with van der Waals surface area (Å²) in [5.74, 6) is 2.83. The Kier molecular flexibility index (Phi) is 5.13. The van der Waals surface area contributed by atoms with Crippen molar-refractivity contribution in [3.8, 4) is 0 Å². The first-order valence-corrected chi connectivity index (χ1v) is 8.19. The minimum absolute atomic E-state index is 0.637. The highest BCUT2D eigenvalue weighted by Crippen LogP contribution is 2.43. The van der Waals surface area contributed by atoms with Crippen LogP contribution in [0.2, 0.25) is 0 Å². The predicted octanol–water partition coefficient (Wildman–Crippen LogP) is 4.29. The van der Waals surface area contributed by atoms with E-state index in [-0.39, 0.29) is 0 Å². The molecule has 0 spiro atoms. The highest BCUT2D eigenvalue weighted by Gasteiger charge is 2.26. The predicted molar refractivity (Wildman–Crippen MR) is 81.4 cm³/mol. The summed E-state index contributed by atoms with van der Waals surface area (Å²) in [7, 11) is 0. The topological polar surface area (TPSA) is 12.0 Å². The number of rotatable bonds is 6. The van der Waals surface area contributed by atoms with Gasteiger partial charge in [-0.1, -0.05) is 38.5 Å². The Balaban J connectivity index is 2.01. The maximum Gasteiger partial charge on any atom is 0.0107 e. The van der Waals surface area contributed by atoms with Gasteiger partial charge in [-0.2, -0.15) is 0 Å². The molecule has 1 aliphatic heterocycles. The lowest BCUT2D eigenvalue weighted by molar-refractivity contribution is 0.332. The molecule has 0 amide bonds. The molecule has 0 saturated carbocycles. The summed E-state index contributed by atoms with van der Waals surface area (Å²) < 4.78 is 0. The number of hydrogen-bond acceptors (Lipinski definition) is 2. The smallest absolute Gasteiger partial charge is 0.0107 e.